The summed E-state index contributed by atoms with van der Waals surface area (Å²) in [6.45, 7) is 6.40. The quantitative estimate of drug-likeness (QED) is 0.282. The molecule has 3 rings (SSSR count). The van der Waals surface area contributed by atoms with Crippen LogP contribution in [0.4, 0.5) is 5.69 Å². The van der Waals surface area contributed by atoms with E-state index in [0.717, 1.165) is 45.5 Å². The molecule has 0 amide bonds. The van der Waals surface area contributed by atoms with Crippen molar-refractivity contribution in [2.45, 2.75) is 13.5 Å². The van der Waals surface area contributed by atoms with Crippen LogP contribution in [-0.4, -0.2) is 19.2 Å². The molecule has 0 heterocycles. The van der Waals surface area contributed by atoms with Crippen LogP contribution in [0.2, 0.25) is 0 Å². The molecule has 0 atom stereocenters. The Bertz CT molecular complexity index is 1100. The van der Waals surface area contributed by atoms with Gasteiger partial charge in [-0.05, 0) is 65.6 Å². The van der Waals surface area contributed by atoms with Gasteiger partial charge in [-0.15, -0.1) is 0 Å². The van der Waals surface area contributed by atoms with E-state index in [1.165, 1.54) is 0 Å². The molecule has 0 fully saturated rings. The maximum absolute atomic E-state index is 11.2. The third-order valence-electron chi connectivity index (χ3n) is 5.06. The Morgan fingerprint density at radius 1 is 1.13 bits per heavy atom. The van der Waals surface area contributed by atoms with Crippen molar-refractivity contribution in [2.75, 3.05) is 12.4 Å². The number of hydrogen-bond donors (Lipinski definition) is 3. The lowest BCUT2D eigenvalue weighted by atomic mass is 9.94. The van der Waals surface area contributed by atoms with Gasteiger partial charge in [-0.2, -0.15) is 0 Å². The highest BCUT2D eigenvalue weighted by Crippen LogP contribution is 2.33. The predicted molar refractivity (Wildman–Crippen MR) is 123 cm³/mol. The number of nitrogen functional groups attached to an aromatic ring is 1. The number of anilines is 1. The molecule has 0 spiro atoms. The van der Waals surface area contributed by atoms with Crippen molar-refractivity contribution in [1.82, 2.24) is 0 Å². The minimum Gasteiger partial charge on any atom is -0.496 e. The summed E-state index contributed by atoms with van der Waals surface area (Å²) in [5.41, 5.74) is 12.7. The summed E-state index contributed by atoms with van der Waals surface area (Å²) in [4.78, 5) is 11.2. The monoisotopic (exact) mass is 399 g/mol. The number of hydrogen-bond acceptors (Lipinski definition) is 4. The zero-order valence-electron chi connectivity index (χ0n) is 17.2. The molecule has 0 aliphatic rings. The number of ether oxygens (including phenoxy) is 1. The molecule has 30 heavy (non-hydrogen) atoms. The maximum Gasteiger partial charge on any atom is 0.150 e. The lowest BCUT2D eigenvalue weighted by Gasteiger charge is -2.17. The van der Waals surface area contributed by atoms with Crippen molar-refractivity contribution < 1.29 is 9.53 Å². The fourth-order valence-corrected chi connectivity index (χ4v) is 3.34. The second-order valence-corrected chi connectivity index (χ2v) is 6.99. The summed E-state index contributed by atoms with van der Waals surface area (Å²) in [5.74, 6) is 0.787. The molecular formula is C25H25N3O2. The van der Waals surface area contributed by atoms with E-state index in [1.54, 1.807) is 13.2 Å². The summed E-state index contributed by atoms with van der Waals surface area (Å²) in [5, 5.41) is 10.9. The molecule has 3 aromatic rings. The number of amidine groups is 1. The Hall–Kier alpha value is -3.86. The van der Waals surface area contributed by atoms with Crippen molar-refractivity contribution in [3.8, 4) is 16.9 Å². The number of rotatable bonds is 8. The normalized spacial score (nSPS) is 10.3. The van der Waals surface area contributed by atoms with Crippen LogP contribution in [0.25, 0.3) is 17.2 Å². The molecule has 0 aromatic heterocycles. The SMILES string of the molecule is C=Cc1cc(CNc2ccc(C(=N)N)cc2)c(-c2ccc(C=O)c(C)c2)cc1OC. The Labute approximate surface area is 176 Å². The number of carbonyl (C=O) groups is 1. The minimum absolute atomic E-state index is 0.0451. The highest BCUT2D eigenvalue weighted by Gasteiger charge is 2.12. The van der Waals surface area contributed by atoms with Crippen molar-refractivity contribution in [3.05, 3.63) is 89.0 Å². The first-order valence-corrected chi connectivity index (χ1v) is 9.54. The van der Waals surface area contributed by atoms with Crippen LogP contribution in [0, 0.1) is 12.3 Å². The van der Waals surface area contributed by atoms with Gasteiger partial charge in [-0.1, -0.05) is 30.9 Å². The van der Waals surface area contributed by atoms with Crippen LogP contribution in [0.15, 0.2) is 61.2 Å². The van der Waals surface area contributed by atoms with Gasteiger partial charge >= 0.3 is 0 Å². The van der Waals surface area contributed by atoms with Crippen LogP contribution in [0.1, 0.15) is 32.6 Å². The molecule has 5 nitrogen and oxygen atoms in total. The second-order valence-electron chi connectivity index (χ2n) is 6.99. The van der Waals surface area contributed by atoms with Gasteiger partial charge in [0.2, 0.25) is 0 Å². The number of aryl methyl sites for hydroxylation is 1. The van der Waals surface area contributed by atoms with Crippen molar-refractivity contribution in [2.24, 2.45) is 5.73 Å². The van der Waals surface area contributed by atoms with E-state index in [2.05, 4.69) is 18.0 Å². The van der Waals surface area contributed by atoms with Gasteiger partial charge in [0.1, 0.15) is 17.9 Å². The molecule has 0 unspecified atom stereocenters. The van der Waals surface area contributed by atoms with Gasteiger partial charge in [-0.25, -0.2) is 0 Å². The Balaban J connectivity index is 1.99. The third kappa shape index (κ3) is 4.41. The summed E-state index contributed by atoms with van der Waals surface area (Å²) in [7, 11) is 1.64. The van der Waals surface area contributed by atoms with Crippen LogP contribution in [0.3, 0.4) is 0 Å². The van der Waals surface area contributed by atoms with Gasteiger partial charge in [0.25, 0.3) is 0 Å². The lowest BCUT2D eigenvalue weighted by Crippen LogP contribution is -2.10. The molecule has 0 saturated heterocycles. The van der Waals surface area contributed by atoms with Gasteiger partial charge in [0.15, 0.2) is 0 Å². The first-order chi connectivity index (χ1) is 14.5. The van der Waals surface area contributed by atoms with Crippen LogP contribution in [0.5, 0.6) is 5.75 Å². The van der Waals surface area contributed by atoms with Gasteiger partial charge in [0, 0.05) is 28.9 Å². The van der Waals surface area contributed by atoms with Crippen LogP contribution in [-0.2, 0) is 6.54 Å². The number of methoxy groups -OCH3 is 1. The first kappa shape index (κ1) is 20.9. The smallest absolute Gasteiger partial charge is 0.150 e. The Morgan fingerprint density at radius 2 is 1.87 bits per heavy atom. The number of nitrogens with one attached hydrogen (secondary N) is 2. The Morgan fingerprint density at radius 3 is 2.43 bits per heavy atom. The van der Waals surface area contributed by atoms with E-state index >= 15 is 0 Å². The molecule has 3 aromatic carbocycles. The summed E-state index contributed by atoms with van der Waals surface area (Å²) < 4.78 is 5.55. The van der Waals surface area contributed by atoms with Crippen molar-refractivity contribution >= 4 is 23.9 Å². The zero-order valence-corrected chi connectivity index (χ0v) is 17.2. The summed E-state index contributed by atoms with van der Waals surface area (Å²) >= 11 is 0. The average molecular weight is 399 g/mol. The van der Waals surface area contributed by atoms with Gasteiger partial charge < -0.3 is 15.8 Å². The molecule has 0 aliphatic heterocycles. The third-order valence-corrected chi connectivity index (χ3v) is 5.06. The van der Waals surface area contributed by atoms with Crippen molar-refractivity contribution in [1.29, 1.82) is 5.41 Å². The fraction of sp³-hybridized carbons (Fsp3) is 0.120. The summed E-state index contributed by atoms with van der Waals surface area (Å²) in [6, 6.07) is 17.3. The number of nitrogens with two attached hydrogens (primary N) is 1. The molecule has 5 heteroatoms. The van der Waals surface area contributed by atoms with Crippen LogP contribution >= 0.6 is 0 Å². The maximum atomic E-state index is 11.2. The predicted octanol–water partition coefficient (Wildman–Crippen LogP) is 5.02. The van der Waals surface area contributed by atoms with Crippen LogP contribution < -0.4 is 15.8 Å². The standard InChI is InChI=1S/C25H25N3O2/c1-4-17-12-21(14-28-22-9-7-18(8-10-22)25(26)27)23(13-24(17)30-3)19-5-6-20(15-29)16(2)11-19/h4-13,15,28H,1,14H2,2-3H3,(H3,26,27). The molecular weight excluding hydrogens is 374 g/mol. The molecule has 152 valence electrons. The first-order valence-electron chi connectivity index (χ1n) is 9.54. The zero-order chi connectivity index (χ0) is 21.7. The average Bonchev–Trinajstić information content (AvgIpc) is 2.77. The Kier molecular flexibility index (Phi) is 6.32. The number of carbonyl (C=O) groups excluding carboxylic acids is 1. The topological polar surface area (TPSA) is 88.2 Å². The van der Waals surface area contributed by atoms with Gasteiger partial charge in [-0.3, -0.25) is 10.2 Å². The van der Waals surface area contributed by atoms with E-state index in [0.29, 0.717) is 17.7 Å². The van der Waals surface area contributed by atoms with E-state index in [1.807, 2.05) is 55.5 Å². The molecule has 4 N–H and O–H groups in total. The molecule has 0 bridgehead atoms. The largest absolute Gasteiger partial charge is 0.496 e. The van der Waals surface area contributed by atoms with Crippen molar-refractivity contribution in [3.63, 3.8) is 0 Å². The lowest BCUT2D eigenvalue weighted by molar-refractivity contribution is 0.112. The fourth-order valence-electron chi connectivity index (χ4n) is 3.34. The highest BCUT2D eigenvalue weighted by atomic mass is 16.5. The van der Waals surface area contributed by atoms with E-state index in [9.17, 15) is 4.79 Å². The van der Waals surface area contributed by atoms with E-state index < -0.39 is 0 Å². The molecule has 0 radical (unpaired) electrons. The second kappa shape index (κ2) is 9.09. The number of aldehydes is 1. The van der Waals surface area contributed by atoms with Gasteiger partial charge in [0.05, 0.1) is 7.11 Å². The number of benzene rings is 3. The molecule has 0 saturated carbocycles. The minimum atomic E-state index is 0.0451. The summed E-state index contributed by atoms with van der Waals surface area (Å²) in [6.07, 6.45) is 2.64. The molecule has 0 aliphatic carbocycles. The van der Waals surface area contributed by atoms with E-state index in [4.69, 9.17) is 15.9 Å². The van der Waals surface area contributed by atoms with E-state index in [-0.39, 0.29) is 5.84 Å². The highest BCUT2D eigenvalue weighted by molar-refractivity contribution is 5.95.